The number of hydrogen-bond donors (Lipinski definition) is 0. The molecule has 2 heterocycles. The molecular formula is C20H26O12. The molecule has 1 fully saturated rings. The van der Waals surface area contributed by atoms with Crippen molar-refractivity contribution in [3.63, 3.8) is 0 Å². The number of ketones is 1. The standard InChI is InChI=1S/C20H26O12/c1-8-15(25)16(9(2)27-8)32-20-19(30-13(6)24)18(29-12(5)23)17(28-11(4)22)14(31-20)7-26-10(3)21/h8,14,17-20H,7H2,1-6H3/t8-,14-,17-,18+,19-,20+/m1/s1. The summed E-state index contributed by atoms with van der Waals surface area (Å²) in [5, 5.41) is 0. The summed E-state index contributed by atoms with van der Waals surface area (Å²) in [7, 11) is 0. The van der Waals surface area contributed by atoms with Crippen LogP contribution in [0.3, 0.4) is 0 Å². The lowest BCUT2D eigenvalue weighted by molar-refractivity contribution is -0.299. The van der Waals surface area contributed by atoms with Crippen LogP contribution in [0.4, 0.5) is 0 Å². The maximum absolute atomic E-state index is 12.4. The number of carbonyl (C=O) groups excluding carboxylic acids is 5. The van der Waals surface area contributed by atoms with Crippen molar-refractivity contribution in [1.82, 2.24) is 0 Å². The van der Waals surface area contributed by atoms with E-state index in [0.717, 1.165) is 27.7 Å². The fourth-order valence-electron chi connectivity index (χ4n) is 3.27. The van der Waals surface area contributed by atoms with Crippen LogP contribution in [0.5, 0.6) is 0 Å². The number of allylic oxidation sites excluding steroid dienone is 1. The van der Waals surface area contributed by atoms with Crippen molar-refractivity contribution in [2.75, 3.05) is 6.61 Å². The van der Waals surface area contributed by atoms with Crippen molar-refractivity contribution >= 4 is 29.7 Å². The number of carbonyl (C=O) groups is 5. The molecule has 0 aromatic carbocycles. The average Bonchev–Trinajstić information content (AvgIpc) is 2.89. The van der Waals surface area contributed by atoms with Crippen LogP contribution in [-0.4, -0.2) is 73.1 Å². The van der Waals surface area contributed by atoms with Crippen molar-refractivity contribution in [3.8, 4) is 0 Å². The Balaban J connectivity index is 2.46. The maximum Gasteiger partial charge on any atom is 0.303 e. The number of hydrogen-bond acceptors (Lipinski definition) is 12. The van der Waals surface area contributed by atoms with Gasteiger partial charge in [-0.25, -0.2) is 0 Å². The summed E-state index contributed by atoms with van der Waals surface area (Å²) in [4.78, 5) is 59.0. The predicted octanol–water partition coefficient (Wildman–Crippen LogP) is 0.305. The molecule has 0 saturated carbocycles. The van der Waals surface area contributed by atoms with E-state index in [1.807, 2.05) is 0 Å². The van der Waals surface area contributed by atoms with Gasteiger partial charge in [0, 0.05) is 27.7 Å². The second kappa shape index (κ2) is 10.4. The van der Waals surface area contributed by atoms with Gasteiger partial charge in [0.15, 0.2) is 18.3 Å². The monoisotopic (exact) mass is 458 g/mol. The minimum absolute atomic E-state index is 0.168. The summed E-state index contributed by atoms with van der Waals surface area (Å²) in [6.45, 7) is 7.09. The molecule has 0 amide bonds. The van der Waals surface area contributed by atoms with Crippen LogP contribution in [0, 0.1) is 0 Å². The highest BCUT2D eigenvalue weighted by Crippen LogP contribution is 2.33. The highest BCUT2D eigenvalue weighted by molar-refractivity contribution is 5.99. The van der Waals surface area contributed by atoms with Gasteiger partial charge in [-0.05, 0) is 13.8 Å². The van der Waals surface area contributed by atoms with Gasteiger partial charge in [0.25, 0.3) is 0 Å². The van der Waals surface area contributed by atoms with Crippen LogP contribution in [0.25, 0.3) is 0 Å². The van der Waals surface area contributed by atoms with Crippen LogP contribution < -0.4 is 0 Å². The zero-order valence-electron chi connectivity index (χ0n) is 18.6. The number of rotatable bonds is 7. The third-order valence-corrected chi connectivity index (χ3v) is 4.45. The summed E-state index contributed by atoms with van der Waals surface area (Å²) in [6.07, 6.45) is -7.60. The molecule has 0 bridgehead atoms. The quantitative estimate of drug-likeness (QED) is 0.381. The SMILES string of the molecule is CC(=O)OC[C@H]1O[C@@H](OC2=C(C)O[C@H](C)C2=O)[C@H](OC(C)=O)[C@@H](OC(C)=O)[C@@H]1OC(C)=O. The molecule has 0 aromatic heterocycles. The second-order valence-electron chi connectivity index (χ2n) is 7.20. The molecule has 0 aromatic rings. The van der Waals surface area contributed by atoms with Gasteiger partial charge < -0.3 is 33.2 Å². The summed E-state index contributed by atoms with van der Waals surface area (Å²) in [6, 6.07) is 0. The molecule has 0 unspecified atom stereocenters. The van der Waals surface area contributed by atoms with Crippen LogP contribution in [-0.2, 0) is 57.1 Å². The van der Waals surface area contributed by atoms with Crippen molar-refractivity contribution in [3.05, 3.63) is 11.5 Å². The van der Waals surface area contributed by atoms with Gasteiger partial charge in [-0.2, -0.15) is 0 Å². The molecule has 2 aliphatic heterocycles. The smallest absolute Gasteiger partial charge is 0.303 e. The van der Waals surface area contributed by atoms with Crippen molar-refractivity contribution in [2.45, 2.75) is 78.4 Å². The van der Waals surface area contributed by atoms with E-state index in [0.29, 0.717) is 0 Å². The molecule has 32 heavy (non-hydrogen) atoms. The molecule has 6 atom stereocenters. The zero-order valence-corrected chi connectivity index (χ0v) is 18.6. The topological polar surface area (TPSA) is 150 Å². The van der Waals surface area contributed by atoms with Gasteiger partial charge in [-0.1, -0.05) is 0 Å². The minimum Gasteiger partial charge on any atom is -0.483 e. The molecule has 2 rings (SSSR count). The Morgan fingerprint density at radius 3 is 1.84 bits per heavy atom. The first kappa shape index (κ1) is 25.1. The minimum atomic E-state index is -1.49. The second-order valence-corrected chi connectivity index (χ2v) is 7.20. The van der Waals surface area contributed by atoms with Gasteiger partial charge in [0.05, 0.1) is 0 Å². The van der Waals surface area contributed by atoms with E-state index in [9.17, 15) is 24.0 Å². The van der Waals surface area contributed by atoms with Crippen LogP contribution in [0.15, 0.2) is 11.5 Å². The fourth-order valence-corrected chi connectivity index (χ4v) is 3.27. The lowest BCUT2D eigenvalue weighted by Gasteiger charge is -2.43. The van der Waals surface area contributed by atoms with Crippen LogP contribution >= 0.6 is 0 Å². The van der Waals surface area contributed by atoms with Crippen molar-refractivity contribution in [2.24, 2.45) is 0 Å². The molecule has 12 nitrogen and oxygen atoms in total. The summed E-state index contributed by atoms with van der Waals surface area (Å²) < 4.78 is 37.6. The van der Waals surface area contributed by atoms with Gasteiger partial charge >= 0.3 is 23.9 Å². The maximum atomic E-state index is 12.4. The molecule has 2 aliphatic rings. The largest absolute Gasteiger partial charge is 0.483 e. The van der Waals surface area contributed by atoms with Gasteiger partial charge in [0.2, 0.25) is 23.9 Å². The third kappa shape index (κ3) is 6.19. The first-order chi connectivity index (χ1) is 14.9. The van der Waals surface area contributed by atoms with E-state index in [4.69, 9.17) is 33.2 Å². The summed E-state index contributed by atoms with van der Waals surface area (Å²) in [5.74, 6) is -3.43. The molecule has 12 heteroatoms. The molecule has 0 aliphatic carbocycles. The summed E-state index contributed by atoms with van der Waals surface area (Å²) >= 11 is 0. The van der Waals surface area contributed by atoms with Gasteiger partial charge in [-0.15, -0.1) is 0 Å². The molecule has 0 radical (unpaired) electrons. The van der Waals surface area contributed by atoms with Crippen LogP contribution in [0.2, 0.25) is 0 Å². The highest BCUT2D eigenvalue weighted by atomic mass is 16.7. The van der Waals surface area contributed by atoms with Crippen molar-refractivity contribution < 1.29 is 57.1 Å². The van der Waals surface area contributed by atoms with Crippen LogP contribution in [0.1, 0.15) is 41.5 Å². The Labute approximate surface area is 184 Å². The Morgan fingerprint density at radius 2 is 1.38 bits per heavy atom. The van der Waals surface area contributed by atoms with Gasteiger partial charge in [-0.3, -0.25) is 24.0 Å². The highest BCUT2D eigenvalue weighted by Gasteiger charge is 2.54. The molecule has 0 spiro atoms. The molecule has 0 N–H and O–H groups in total. The Morgan fingerprint density at radius 1 is 0.844 bits per heavy atom. The number of esters is 4. The molecule has 178 valence electrons. The van der Waals surface area contributed by atoms with Gasteiger partial charge in [0.1, 0.15) is 18.5 Å². The first-order valence-electron chi connectivity index (χ1n) is 9.79. The van der Waals surface area contributed by atoms with E-state index in [2.05, 4.69) is 0 Å². The molecule has 1 saturated heterocycles. The van der Waals surface area contributed by atoms with E-state index < -0.39 is 73.1 Å². The Bertz CT molecular complexity index is 815. The normalized spacial score (nSPS) is 29.6. The summed E-state index contributed by atoms with van der Waals surface area (Å²) in [5.41, 5.74) is 0. The van der Waals surface area contributed by atoms with E-state index >= 15 is 0 Å². The average molecular weight is 458 g/mol. The predicted molar refractivity (Wildman–Crippen MR) is 101 cm³/mol. The van der Waals surface area contributed by atoms with Crippen molar-refractivity contribution in [1.29, 1.82) is 0 Å². The van der Waals surface area contributed by atoms with E-state index in [1.165, 1.54) is 13.8 Å². The van der Waals surface area contributed by atoms with E-state index in [1.54, 1.807) is 0 Å². The number of Topliss-reactive ketones (excluding diaryl/α,β-unsaturated/α-hetero) is 1. The fraction of sp³-hybridized carbons (Fsp3) is 0.650. The molecular weight excluding hydrogens is 432 g/mol. The first-order valence-corrected chi connectivity index (χ1v) is 9.79. The third-order valence-electron chi connectivity index (χ3n) is 4.45. The lowest BCUT2D eigenvalue weighted by Crippen LogP contribution is -2.63. The lowest BCUT2D eigenvalue weighted by atomic mass is 9.98. The zero-order chi connectivity index (χ0) is 24.2. The number of ether oxygens (including phenoxy) is 7. The Kier molecular flexibility index (Phi) is 8.19. The Hall–Kier alpha value is -3.15. The van der Waals surface area contributed by atoms with E-state index in [-0.39, 0.29) is 11.5 Å².